The molecule has 30 heavy (non-hydrogen) atoms. The molecule has 0 N–H and O–H groups in total. The molecule has 0 heterocycles. The second-order valence-corrected chi connectivity index (χ2v) is 8.27. The molecule has 2 aliphatic rings. The summed E-state index contributed by atoms with van der Waals surface area (Å²) in [6, 6.07) is 29.5. The van der Waals surface area contributed by atoms with E-state index in [1.807, 2.05) is 0 Å². The number of benzene rings is 4. The number of Topliss-reactive ketones (excluding diaryl/α,β-unsaturated/α-hetero) is 1. The number of allylic oxidation sites excluding steroid dienone is 4. The molecule has 0 unspecified atom stereocenters. The summed E-state index contributed by atoms with van der Waals surface area (Å²) < 4.78 is 0. The van der Waals surface area contributed by atoms with Crippen LogP contribution in [0.2, 0.25) is 0 Å². The molecule has 4 aromatic carbocycles. The van der Waals surface area contributed by atoms with Crippen LogP contribution >= 0.6 is 0 Å². The predicted molar refractivity (Wildman–Crippen MR) is 125 cm³/mol. The van der Waals surface area contributed by atoms with Crippen molar-refractivity contribution in [2.45, 2.75) is 13.8 Å². The molecule has 0 aliphatic heterocycles. The Bertz CT molecular complexity index is 1320. The van der Waals surface area contributed by atoms with E-state index in [0.717, 1.165) is 33.4 Å². The second kappa shape index (κ2) is 6.14. The maximum Gasteiger partial charge on any atom is 0.195 e. The number of carbonyl (C=O) groups excluding carboxylic acids is 1. The normalized spacial score (nSPS) is 14.8. The molecule has 0 saturated carbocycles. The lowest BCUT2D eigenvalue weighted by atomic mass is 9.92. The Labute approximate surface area is 176 Å². The van der Waals surface area contributed by atoms with Gasteiger partial charge in [-0.2, -0.15) is 0 Å². The average Bonchev–Trinajstić information content (AvgIpc) is 3.23. The Hall–Kier alpha value is -3.71. The minimum absolute atomic E-state index is 0.124. The third-order valence-corrected chi connectivity index (χ3v) is 6.33. The molecule has 2 aliphatic carbocycles. The largest absolute Gasteiger partial charge is 0.289 e. The van der Waals surface area contributed by atoms with Crippen molar-refractivity contribution < 1.29 is 4.79 Å². The van der Waals surface area contributed by atoms with Crippen LogP contribution in [0.4, 0.5) is 0 Å². The Morgan fingerprint density at radius 1 is 0.500 bits per heavy atom. The number of ketones is 1. The lowest BCUT2D eigenvalue weighted by molar-refractivity contribution is -0.108. The highest BCUT2D eigenvalue weighted by atomic mass is 16.1. The first-order valence-electron chi connectivity index (χ1n) is 10.3. The molecular formula is C29H20O. The molecule has 0 amide bonds. The third-order valence-electron chi connectivity index (χ3n) is 6.33. The molecule has 0 spiro atoms. The van der Waals surface area contributed by atoms with E-state index in [9.17, 15) is 4.79 Å². The van der Waals surface area contributed by atoms with Gasteiger partial charge < -0.3 is 0 Å². The van der Waals surface area contributed by atoms with Crippen LogP contribution in [-0.4, -0.2) is 5.78 Å². The average molecular weight is 384 g/mol. The van der Waals surface area contributed by atoms with E-state index in [2.05, 4.69) is 98.8 Å². The van der Waals surface area contributed by atoms with Gasteiger partial charge in [0.15, 0.2) is 5.78 Å². The number of fused-ring (bicyclic) bond motifs is 3. The SMILES string of the molecule is Cc1ccc(C2=C3C(=C(c4ccc(C)cc4)C2=O)c2cccc4cccc3c24)cc1. The Morgan fingerprint density at radius 2 is 0.933 bits per heavy atom. The van der Waals surface area contributed by atoms with Crippen molar-refractivity contribution in [1.29, 1.82) is 0 Å². The topological polar surface area (TPSA) is 17.1 Å². The van der Waals surface area contributed by atoms with Gasteiger partial charge in [0.05, 0.1) is 0 Å². The quantitative estimate of drug-likeness (QED) is 0.368. The number of carbonyl (C=O) groups is 1. The van der Waals surface area contributed by atoms with E-state index in [1.54, 1.807) is 0 Å². The lowest BCUT2D eigenvalue weighted by Crippen LogP contribution is -2.02. The summed E-state index contributed by atoms with van der Waals surface area (Å²) >= 11 is 0. The van der Waals surface area contributed by atoms with E-state index in [4.69, 9.17) is 0 Å². The highest BCUT2D eigenvalue weighted by molar-refractivity contribution is 6.61. The molecule has 6 rings (SSSR count). The van der Waals surface area contributed by atoms with Gasteiger partial charge in [-0.25, -0.2) is 0 Å². The summed E-state index contributed by atoms with van der Waals surface area (Å²) in [5.74, 6) is 0.124. The summed E-state index contributed by atoms with van der Waals surface area (Å²) in [4.78, 5) is 13.9. The molecule has 0 atom stereocenters. The van der Waals surface area contributed by atoms with Crippen LogP contribution in [0.15, 0.2) is 84.9 Å². The Kier molecular flexibility index (Phi) is 3.52. The smallest absolute Gasteiger partial charge is 0.195 e. The molecule has 4 aromatic rings. The van der Waals surface area contributed by atoms with Crippen LogP contribution in [0.3, 0.4) is 0 Å². The van der Waals surface area contributed by atoms with E-state index >= 15 is 0 Å². The zero-order chi connectivity index (χ0) is 20.4. The zero-order valence-electron chi connectivity index (χ0n) is 17.0. The van der Waals surface area contributed by atoms with Gasteiger partial charge >= 0.3 is 0 Å². The number of hydrogen-bond donors (Lipinski definition) is 0. The van der Waals surface area contributed by atoms with Gasteiger partial charge in [0.1, 0.15) is 0 Å². The van der Waals surface area contributed by atoms with Gasteiger partial charge in [-0.1, -0.05) is 96.1 Å². The van der Waals surface area contributed by atoms with Crippen molar-refractivity contribution in [3.05, 3.63) is 118 Å². The van der Waals surface area contributed by atoms with Crippen molar-refractivity contribution in [1.82, 2.24) is 0 Å². The van der Waals surface area contributed by atoms with Gasteiger partial charge in [0.25, 0.3) is 0 Å². The zero-order valence-corrected chi connectivity index (χ0v) is 17.0. The number of aryl methyl sites for hydroxylation is 2. The van der Waals surface area contributed by atoms with Crippen molar-refractivity contribution >= 4 is 38.8 Å². The molecule has 0 fully saturated rings. The predicted octanol–water partition coefficient (Wildman–Crippen LogP) is 6.87. The first-order valence-corrected chi connectivity index (χ1v) is 10.3. The second-order valence-electron chi connectivity index (χ2n) is 8.27. The summed E-state index contributed by atoms with van der Waals surface area (Å²) in [5, 5.41) is 2.48. The summed E-state index contributed by atoms with van der Waals surface area (Å²) in [5.41, 5.74) is 10.5. The first-order chi connectivity index (χ1) is 14.6. The van der Waals surface area contributed by atoms with Crippen molar-refractivity contribution in [3.63, 3.8) is 0 Å². The maximum atomic E-state index is 13.9. The van der Waals surface area contributed by atoms with Crippen LogP contribution < -0.4 is 0 Å². The Morgan fingerprint density at radius 3 is 1.37 bits per heavy atom. The van der Waals surface area contributed by atoms with Crippen LogP contribution in [0.1, 0.15) is 33.4 Å². The molecular weight excluding hydrogens is 364 g/mol. The third kappa shape index (κ3) is 2.26. The summed E-state index contributed by atoms with van der Waals surface area (Å²) in [7, 11) is 0. The summed E-state index contributed by atoms with van der Waals surface area (Å²) in [6.45, 7) is 4.15. The molecule has 1 heteroatoms. The van der Waals surface area contributed by atoms with E-state index in [1.165, 1.54) is 33.0 Å². The fourth-order valence-electron chi connectivity index (χ4n) is 4.89. The minimum Gasteiger partial charge on any atom is -0.289 e. The van der Waals surface area contributed by atoms with Gasteiger partial charge in [-0.05, 0) is 46.9 Å². The highest BCUT2D eigenvalue weighted by Crippen LogP contribution is 2.56. The molecule has 0 radical (unpaired) electrons. The van der Waals surface area contributed by atoms with Crippen LogP contribution in [0.25, 0.3) is 33.1 Å². The van der Waals surface area contributed by atoms with Crippen molar-refractivity contribution in [2.24, 2.45) is 0 Å². The van der Waals surface area contributed by atoms with Crippen molar-refractivity contribution in [2.75, 3.05) is 0 Å². The van der Waals surface area contributed by atoms with Crippen LogP contribution in [-0.2, 0) is 4.79 Å². The van der Waals surface area contributed by atoms with Gasteiger partial charge in [0, 0.05) is 22.3 Å². The monoisotopic (exact) mass is 384 g/mol. The molecule has 0 saturated heterocycles. The molecule has 0 bridgehead atoms. The van der Waals surface area contributed by atoms with Crippen molar-refractivity contribution in [3.8, 4) is 0 Å². The first kappa shape index (κ1) is 17.2. The maximum absolute atomic E-state index is 13.9. The lowest BCUT2D eigenvalue weighted by Gasteiger charge is -2.09. The fourth-order valence-corrected chi connectivity index (χ4v) is 4.89. The summed E-state index contributed by atoms with van der Waals surface area (Å²) in [6.07, 6.45) is 0. The number of hydrogen-bond acceptors (Lipinski definition) is 1. The molecule has 142 valence electrons. The van der Waals surface area contributed by atoms with Gasteiger partial charge in [0.2, 0.25) is 0 Å². The van der Waals surface area contributed by atoms with E-state index in [-0.39, 0.29) is 5.78 Å². The Balaban J connectivity index is 1.73. The fraction of sp³-hybridized carbons (Fsp3) is 0.0690. The number of rotatable bonds is 2. The van der Waals surface area contributed by atoms with Gasteiger partial charge in [-0.15, -0.1) is 0 Å². The standard InChI is InChI=1S/C29H20O/c1-17-9-13-20(14-10-17)25-27-22-7-3-5-19-6-4-8-23(24(19)22)28(27)26(29(25)30)21-15-11-18(2)12-16-21/h3-16H,1-2H3. The highest BCUT2D eigenvalue weighted by Gasteiger charge is 2.39. The van der Waals surface area contributed by atoms with Gasteiger partial charge in [-0.3, -0.25) is 4.79 Å². The molecule has 1 nitrogen and oxygen atoms in total. The van der Waals surface area contributed by atoms with Crippen LogP contribution in [0, 0.1) is 13.8 Å². The van der Waals surface area contributed by atoms with E-state index < -0.39 is 0 Å². The van der Waals surface area contributed by atoms with E-state index in [0.29, 0.717) is 0 Å². The minimum atomic E-state index is 0.124. The van der Waals surface area contributed by atoms with Crippen LogP contribution in [0.5, 0.6) is 0 Å². The molecule has 0 aromatic heterocycles.